The van der Waals surface area contributed by atoms with Crippen LogP contribution in [0.25, 0.3) is 0 Å². The molecular formula is C12H24N4O. The van der Waals surface area contributed by atoms with E-state index in [1.807, 2.05) is 0 Å². The summed E-state index contributed by atoms with van der Waals surface area (Å²) >= 11 is 0. The fraction of sp³-hybridized carbons (Fsp3) is 0.917. The van der Waals surface area contributed by atoms with Crippen molar-refractivity contribution in [2.75, 3.05) is 32.7 Å². The Balaban J connectivity index is 1.79. The van der Waals surface area contributed by atoms with Gasteiger partial charge in [0.15, 0.2) is 0 Å². The summed E-state index contributed by atoms with van der Waals surface area (Å²) in [6, 6.07) is 0.723. The Morgan fingerprint density at radius 3 is 2.88 bits per heavy atom. The molecule has 2 atom stereocenters. The lowest BCUT2D eigenvalue weighted by Crippen LogP contribution is -2.54. The number of primary amides is 1. The third-order valence-corrected chi connectivity index (χ3v) is 4.18. The standard InChI is InChI=1S/C12H24N4O/c1-12(14,11(13)17)4-6-15-7-8-16-5-2-3-10(16)9-15/h10H,2-9,14H2,1H3,(H2,13,17). The van der Waals surface area contributed by atoms with E-state index < -0.39 is 11.4 Å². The molecule has 4 N–H and O–H groups in total. The lowest BCUT2D eigenvalue weighted by Gasteiger charge is -2.38. The largest absolute Gasteiger partial charge is 0.368 e. The molecule has 2 saturated heterocycles. The predicted molar refractivity (Wildman–Crippen MR) is 67.4 cm³/mol. The van der Waals surface area contributed by atoms with Crippen LogP contribution in [0.3, 0.4) is 0 Å². The molecule has 5 heteroatoms. The number of amides is 1. The van der Waals surface area contributed by atoms with E-state index in [2.05, 4.69) is 9.80 Å². The number of piperazine rings is 1. The first kappa shape index (κ1) is 12.8. The van der Waals surface area contributed by atoms with Gasteiger partial charge in [-0.05, 0) is 32.7 Å². The molecule has 0 saturated carbocycles. The minimum atomic E-state index is -0.868. The van der Waals surface area contributed by atoms with Crippen LogP contribution in [0.1, 0.15) is 26.2 Å². The molecule has 5 nitrogen and oxygen atoms in total. The van der Waals surface area contributed by atoms with Crippen molar-refractivity contribution in [3.05, 3.63) is 0 Å². The van der Waals surface area contributed by atoms with Gasteiger partial charge in [-0.1, -0.05) is 0 Å². The van der Waals surface area contributed by atoms with Crippen LogP contribution in [0.5, 0.6) is 0 Å². The van der Waals surface area contributed by atoms with Crippen molar-refractivity contribution in [1.29, 1.82) is 0 Å². The van der Waals surface area contributed by atoms with Gasteiger partial charge in [0.1, 0.15) is 0 Å². The molecule has 2 unspecified atom stereocenters. The van der Waals surface area contributed by atoms with Gasteiger partial charge in [-0.15, -0.1) is 0 Å². The Labute approximate surface area is 103 Å². The summed E-state index contributed by atoms with van der Waals surface area (Å²) in [6.45, 7) is 7.22. The van der Waals surface area contributed by atoms with Gasteiger partial charge in [0.05, 0.1) is 5.54 Å². The zero-order chi connectivity index (χ0) is 12.5. The quantitative estimate of drug-likeness (QED) is 0.685. The maximum Gasteiger partial charge on any atom is 0.237 e. The van der Waals surface area contributed by atoms with E-state index in [1.54, 1.807) is 6.92 Å². The average Bonchev–Trinajstić information content (AvgIpc) is 2.73. The van der Waals surface area contributed by atoms with E-state index in [-0.39, 0.29) is 0 Å². The SMILES string of the molecule is CC(N)(CCN1CCN2CCCC2C1)C(N)=O. The van der Waals surface area contributed by atoms with Crippen LogP contribution >= 0.6 is 0 Å². The van der Waals surface area contributed by atoms with Crippen molar-refractivity contribution in [2.24, 2.45) is 11.5 Å². The number of hydrogen-bond donors (Lipinski definition) is 2. The van der Waals surface area contributed by atoms with Gasteiger partial charge in [-0.25, -0.2) is 0 Å². The average molecular weight is 240 g/mol. The molecule has 0 radical (unpaired) electrons. The summed E-state index contributed by atoms with van der Waals surface area (Å²) in [4.78, 5) is 16.1. The van der Waals surface area contributed by atoms with E-state index in [0.29, 0.717) is 6.42 Å². The number of nitrogens with zero attached hydrogens (tertiary/aromatic N) is 2. The first-order valence-corrected chi connectivity index (χ1v) is 6.54. The van der Waals surface area contributed by atoms with E-state index in [9.17, 15) is 4.79 Å². The first-order valence-electron chi connectivity index (χ1n) is 6.54. The molecule has 1 amide bonds. The highest BCUT2D eigenvalue weighted by molar-refractivity contribution is 5.83. The monoisotopic (exact) mass is 240 g/mol. The molecule has 2 aliphatic heterocycles. The van der Waals surface area contributed by atoms with Crippen LogP contribution in [0.4, 0.5) is 0 Å². The minimum absolute atomic E-state index is 0.406. The summed E-state index contributed by atoms with van der Waals surface area (Å²) in [5, 5.41) is 0. The summed E-state index contributed by atoms with van der Waals surface area (Å²) in [7, 11) is 0. The lowest BCUT2D eigenvalue weighted by atomic mass is 9.98. The van der Waals surface area contributed by atoms with Gasteiger partial charge in [0, 0.05) is 32.2 Å². The van der Waals surface area contributed by atoms with Crippen molar-refractivity contribution in [3.63, 3.8) is 0 Å². The van der Waals surface area contributed by atoms with E-state index in [4.69, 9.17) is 11.5 Å². The molecule has 2 aliphatic rings. The maximum absolute atomic E-state index is 11.1. The molecule has 0 aromatic carbocycles. The van der Waals surface area contributed by atoms with Crippen molar-refractivity contribution < 1.29 is 4.79 Å². The molecule has 2 fully saturated rings. The van der Waals surface area contributed by atoms with Gasteiger partial charge in [-0.2, -0.15) is 0 Å². The van der Waals surface area contributed by atoms with E-state index in [0.717, 1.165) is 32.2 Å². The smallest absolute Gasteiger partial charge is 0.237 e. The Morgan fingerprint density at radius 2 is 2.18 bits per heavy atom. The van der Waals surface area contributed by atoms with Crippen molar-refractivity contribution in [3.8, 4) is 0 Å². The number of rotatable bonds is 4. The molecular weight excluding hydrogens is 216 g/mol. The molecule has 2 rings (SSSR count). The topological polar surface area (TPSA) is 75.6 Å². The summed E-state index contributed by atoms with van der Waals surface area (Å²) < 4.78 is 0. The fourth-order valence-corrected chi connectivity index (χ4v) is 2.77. The number of fused-ring (bicyclic) bond motifs is 1. The second-order valence-electron chi connectivity index (χ2n) is 5.66. The zero-order valence-electron chi connectivity index (χ0n) is 10.7. The third-order valence-electron chi connectivity index (χ3n) is 4.18. The fourth-order valence-electron chi connectivity index (χ4n) is 2.77. The Morgan fingerprint density at radius 1 is 1.41 bits per heavy atom. The number of carbonyl (C=O) groups excluding carboxylic acids is 1. The molecule has 0 aromatic rings. The van der Waals surface area contributed by atoms with Crippen LogP contribution in [0.2, 0.25) is 0 Å². The highest BCUT2D eigenvalue weighted by Crippen LogP contribution is 2.21. The highest BCUT2D eigenvalue weighted by Gasteiger charge is 2.32. The highest BCUT2D eigenvalue weighted by atomic mass is 16.1. The van der Waals surface area contributed by atoms with Crippen molar-refractivity contribution in [1.82, 2.24) is 9.80 Å². The summed E-state index contributed by atoms with van der Waals surface area (Å²) in [5.41, 5.74) is 10.3. The Hall–Kier alpha value is -0.650. The second-order valence-corrected chi connectivity index (χ2v) is 5.66. The molecule has 17 heavy (non-hydrogen) atoms. The van der Waals surface area contributed by atoms with Crippen LogP contribution < -0.4 is 11.5 Å². The molecule has 2 heterocycles. The Bertz CT molecular complexity index is 292. The van der Waals surface area contributed by atoms with Gasteiger partial charge in [0.25, 0.3) is 0 Å². The molecule has 0 aliphatic carbocycles. The molecule has 0 spiro atoms. The predicted octanol–water partition coefficient (Wildman–Crippen LogP) is -0.641. The number of nitrogens with two attached hydrogens (primary N) is 2. The first-order chi connectivity index (χ1) is 7.99. The second kappa shape index (κ2) is 4.92. The minimum Gasteiger partial charge on any atom is -0.368 e. The van der Waals surface area contributed by atoms with Crippen LogP contribution in [-0.4, -0.2) is 60.0 Å². The van der Waals surface area contributed by atoms with E-state index in [1.165, 1.54) is 19.4 Å². The third kappa shape index (κ3) is 2.97. The van der Waals surface area contributed by atoms with E-state index >= 15 is 0 Å². The number of carbonyl (C=O) groups is 1. The molecule has 0 bridgehead atoms. The maximum atomic E-state index is 11.1. The van der Waals surface area contributed by atoms with Crippen LogP contribution in [0.15, 0.2) is 0 Å². The summed E-state index contributed by atoms with van der Waals surface area (Å²) in [6.07, 6.45) is 3.29. The van der Waals surface area contributed by atoms with Crippen molar-refractivity contribution in [2.45, 2.75) is 37.8 Å². The molecule has 98 valence electrons. The van der Waals surface area contributed by atoms with Crippen LogP contribution in [-0.2, 0) is 4.79 Å². The van der Waals surface area contributed by atoms with Crippen molar-refractivity contribution >= 4 is 5.91 Å². The summed E-state index contributed by atoms with van der Waals surface area (Å²) in [5.74, 6) is -0.406. The number of hydrogen-bond acceptors (Lipinski definition) is 4. The van der Waals surface area contributed by atoms with Crippen LogP contribution in [0, 0.1) is 0 Å². The van der Waals surface area contributed by atoms with Gasteiger partial charge < -0.3 is 16.4 Å². The van der Waals surface area contributed by atoms with Gasteiger partial charge >= 0.3 is 0 Å². The lowest BCUT2D eigenvalue weighted by molar-refractivity contribution is -0.122. The Kier molecular flexibility index (Phi) is 3.70. The molecule has 0 aromatic heterocycles. The normalized spacial score (nSPS) is 29.9. The van der Waals surface area contributed by atoms with Gasteiger partial charge in [-0.3, -0.25) is 9.69 Å². The van der Waals surface area contributed by atoms with Gasteiger partial charge in [0.2, 0.25) is 5.91 Å². The zero-order valence-corrected chi connectivity index (χ0v) is 10.7.